The van der Waals surface area contributed by atoms with Crippen LogP contribution in [0.4, 0.5) is 10.7 Å². The molecule has 1 aromatic carbocycles. The molecule has 1 heterocycles. The molecule has 1 aromatic heterocycles. The third kappa shape index (κ3) is 4.30. The van der Waals surface area contributed by atoms with Crippen LogP contribution in [0, 0.1) is 10.1 Å². The van der Waals surface area contributed by atoms with E-state index in [1.165, 1.54) is 29.6 Å². The molecule has 0 spiro atoms. The number of para-hydroxylation sites is 1. The number of nitro groups is 1. The van der Waals surface area contributed by atoms with Crippen LogP contribution in [0.15, 0.2) is 41.8 Å². The van der Waals surface area contributed by atoms with Crippen LogP contribution in [0.1, 0.15) is 28.8 Å². The van der Waals surface area contributed by atoms with E-state index in [1.54, 1.807) is 29.6 Å². The maximum atomic E-state index is 12.1. The van der Waals surface area contributed by atoms with Crippen molar-refractivity contribution in [3.63, 3.8) is 0 Å². The monoisotopic (exact) mass is 357 g/mol. The second kappa shape index (κ2) is 7.27. The zero-order valence-corrected chi connectivity index (χ0v) is 13.9. The normalized spacial score (nSPS) is 13.6. The van der Waals surface area contributed by atoms with E-state index in [0.29, 0.717) is 16.1 Å². The molecule has 3 rings (SSSR count). The molecule has 2 amide bonds. The van der Waals surface area contributed by atoms with E-state index >= 15 is 0 Å². The average molecular weight is 357 g/mol. The van der Waals surface area contributed by atoms with Crippen molar-refractivity contribution in [1.29, 1.82) is 0 Å². The summed E-state index contributed by atoms with van der Waals surface area (Å²) in [5.41, 5.74) is 0.678. The number of nitro benzene ring substituents is 1. The molecule has 0 unspecified atom stereocenters. The Balaban J connectivity index is 1.68. The summed E-state index contributed by atoms with van der Waals surface area (Å²) in [6.45, 7) is 0. The van der Waals surface area contributed by atoms with Crippen LogP contribution in [-0.4, -0.2) is 22.8 Å². The van der Waals surface area contributed by atoms with Crippen LogP contribution >= 0.6 is 11.3 Å². The summed E-state index contributed by atoms with van der Waals surface area (Å²) in [5.74, 6) is -0.664. The van der Waals surface area contributed by atoms with Crippen molar-refractivity contribution in [3.8, 4) is 0 Å². The number of thiophene rings is 1. The van der Waals surface area contributed by atoms with Crippen LogP contribution in [0.3, 0.4) is 0 Å². The smallest absolute Gasteiger partial charge is 0.276 e. The number of benzene rings is 1. The lowest BCUT2D eigenvalue weighted by atomic mass is 10.1. The minimum absolute atomic E-state index is 0.0767. The molecule has 0 saturated heterocycles. The van der Waals surface area contributed by atoms with E-state index in [4.69, 9.17) is 0 Å². The molecule has 1 aliphatic rings. The first-order valence-electron chi connectivity index (χ1n) is 7.65. The molecule has 8 heteroatoms. The van der Waals surface area contributed by atoms with Gasteiger partial charge in [0.1, 0.15) is 5.00 Å². The highest BCUT2D eigenvalue weighted by Crippen LogP contribution is 2.26. The molecule has 128 valence electrons. The zero-order chi connectivity index (χ0) is 17.8. The van der Waals surface area contributed by atoms with Crippen LogP contribution in [-0.2, 0) is 4.79 Å². The van der Waals surface area contributed by atoms with Crippen molar-refractivity contribution >= 4 is 39.9 Å². The standard InChI is InChI=1S/C17H15N3O4S/c21-15(8-5-11-3-1-2-4-14(11)20(23)24)19-17-13(9-10-25-17)16(22)18-12-6-7-12/h1-5,8-10,12H,6-7H2,(H,18,22)(H,19,21)/b8-5+. The Bertz CT molecular complexity index is 855. The number of amides is 2. The van der Waals surface area contributed by atoms with Crippen molar-refractivity contribution in [3.05, 3.63) is 63.0 Å². The number of nitrogens with zero attached hydrogens (tertiary/aromatic N) is 1. The third-order valence-corrected chi connectivity index (χ3v) is 4.44. The minimum atomic E-state index is -0.503. The maximum Gasteiger partial charge on any atom is 0.276 e. The van der Waals surface area contributed by atoms with Crippen LogP contribution in [0.2, 0.25) is 0 Å². The third-order valence-electron chi connectivity index (χ3n) is 3.61. The lowest BCUT2D eigenvalue weighted by Gasteiger charge is -2.05. The largest absolute Gasteiger partial charge is 0.349 e. The summed E-state index contributed by atoms with van der Waals surface area (Å²) in [7, 11) is 0. The number of hydrogen-bond acceptors (Lipinski definition) is 5. The summed E-state index contributed by atoms with van der Waals surface area (Å²) in [6, 6.07) is 8.04. The summed E-state index contributed by atoms with van der Waals surface area (Å²) < 4.78 is 0. The van der Waals surface area contributed by atoms with Crippen molar-refractivity contribution in [2.45, 2.75) is 18.9 Å². The van der Waals surface area contributed by atoms with Gasteiger partial charge in [-0.25, -0.2) is 0 Å². The molecule has 0 bridgehead atoms. The molecule has 0 radical (unpaired) electrons. The van der Waals surface area contributed by atoms with E-state index in [2.05, 4.69) is 10.6 Å². The van der Waals surface area contributed by atoms with Gasteiger partial charge in [-0.05, 0) is 36.4 Å². The van der Waals surface area contributed by atoms with Gasteiger partial charge in [-0.3, -0.25) is 19.7 Å². The van der Waals surface area contributed by atoms with E-state index in [1.807, 2.05) is 0 Å². The van der Waals surface area contributed by atoms with Gasteiger partial charge < -0.3 is 10.6 Å². The van der Waals surface area contributed by atoms with Gasteiger partial charge in [-0.15, -0.1) is 11.3 Å². The highest BCUT2D eigenvalue weighted by molar-refractivity contribution is 7.14. The predicted molar refractivity (Wildman–Crippen MR) is 95.6 cm³/mol. The Morgan fingerprint density at radius 1 is 1.24 bits per heavy atom. The molecule has 2 aromatic rings. The van der Waals surface area contributed by atoms with Gasteiger partial charge in [0.05, 0.1) is 16.1 Å². The van der Waals surface area contributed by atoms with Crippen molar-refractivity contribution < 1.29 is 14.5 Å². The van der Waals surface area contributed by atoms with Crippen LogP contribution < -0.4 is 10.6 Å². The maximum absolute atomic E-state index is 12.1. The van der Waals surface area contributed by atoms with Gasteiger partial charge >= 0.3 is 0 Å². The van der Waals surface area contributed by atoms with Crippen molar-refractivity contribution in [2.24, 2.45) is 0 Å². The highest BCUT2D eigenvalue weighted by atomic mass is 32.1. The Labute approximate surface area is 147 Å². The van der Waals surface area contributed by atoms with Crippen LogP contribution in [0.25, 0.3) is 6.08 Å². The van der Waals surface area contributed by atoms with Gasteiger partial charge in [0.2, 0.25) is 5.91 Å². The molecule has 0 atom stereocenters. The second-order valence-corrected chi connectivity index (χ2v) is 6.47. The van der Waals surface area contributed by atoms with Crippen molar-refractivity contribution in [2.75, 3.05) is 5.32 Å². The number of carbonyl (C=O) groups is 2. The van der Waals surface area contributed by atoms with Crippen LogP contribution in [0.5, 0.6) is 0 Å². The Morgan fingerprint density at radius 2 is 2.00 bits per heavy atom. The first-order valence-corrected chi connectivity index (χ1v) is 8.53. The molecular weight excluding hydrogens is 342 g/mol. The fourth-order valence-electron chi connectivity index (χ4n) is 2.19. The molecule has 0 aliphatic heterocycles. The van der Waals surface area contributed by atoms with Gasteiger partial charge in [0.15, 0.2) is 0 Å². The number of anilines is 1. The van der Waals surface area contributed by atoms with E-state index in [0.717, 1.165) is 12.8 Å². The van der Waals surface area contributed by atoms with Gasteiger partial charge in [0, 0.05) is 18.2 Å². The van der Waals surface area contributed by atoms with Gasteiger partial charge in [-0.1, -0.05) is 12.1 Å². The van der Waals surface area contributed by atoms with Gasteiger partial charge in [0.25, 0.3) is 11.6 Å². The Hall–Kier alpha value is -3.00. The molecule has 7 nitrogen and oxygen atoms in total. The average Bonchev–Trinajstić information content (AvgIpc) is 3.28. The van der Waals surface area contributed by atoms with E-state index < -0.39 is 10.8 Å². The molecule has 25 heavy (non-hydrogen) atoms. The molecule has 2 N–H and O–H groups in total. The molecule has 1 aliphatic carbocycles. The summed E-state index contributed by atoms with van der Waals surface area (Å²) in [5, 5.41) is 18.7. The number of rotatable bonds is 6. The fraction of sp³-hybridized carbons (Fsp3) is 0.176. The first kappa shape index (κ1) is 16.8. The summed E-state index contributed by atoms with van der Waals surface area (Å²) >= 11 is 1.25. The Kier molecular flexibility index (Phi) is 4.90. The summed E-state index contributed by atoms with van der Waals surface area (Å²) in [4.78, 5) is 34.7. The summed E-state index contributed by atoms with van der Waals surface area (Å²) in [6.07, 6.45) is 4.56. The SMILES string of the molecule is O=C(/C=C/c1ccccc1[N+](=O)[O-])Nc1sccc1C(=O)NC1CC1. The highest BCUT2D eigenvalue weighted by Gasteiger charge is 2.25. The molecule has 1 saturated carbocycles. The molecule has 1 fully saturated rings. The first-order chi connectivity index (χ1) is 12.0. The minimum Gasteiger partial charge on any atom is -0.349 e. The number of nitrogens with one attached hydrogen (secondary N) is 2. The van der Waals surface area contributed by atoms with E-state index in [-0.39, 0.29) is 17.6 Å². The quantitative estimate of drug-likeness (QED) is 0.471. The lowest BCUT2D eigenvalue weighted by Crippen LogP contribution is -2.26. The van der Waals surface area contributed by atoms with Gasteiger partial charge in [-0.2, -0.15) is 0 Å². The lowest BCUT2D eigenvalue weighted by molar-refractivity contribution is -0.385. The second-order valence-electron chi connectivity index (χ2n) is 5.55. The predicted octanol–water partition coefficient (Wildman–Crippen LogP) is 3.20. The molecular formula is C17H15N3O4S. The topological polar surface area (TPSA) is 101 Å². The Morgan fingerprint density at radius 3 is 2.72 bits per heavy atom. The zero-order valence-electron chi connectivity index (χ0n) is 13.1. The van der Waals surface area contributed by atoms with E-state index in [9.17, 15) is 19.7 Å². The fourth-order valence-corrected chi connectivity index (χ4v) is 2.98. The number of hydrogen-bond donors (Lipinski definition) is 2. The number of carbonyl (C=O) groups excluding carboxylic acids is 2. The van der Waals surface area contributed by atoms with Crippen molar-refractivity contribution in [1.82, 2.24) is 5.32 Å².